The molecule has 2 aromatic carbocycles. The third-order valence-corrected chi connectivity index (χ3v) is 7.00. The second kappa shape index (κ2) is 8.35. The molecule has 4 rings (SSSR count). The molecule has 1 saturated carbocycles. The first-order chi connectivity index (χ1) is 14.9. The Morgan fingerprint density at radius 1 is 1.10 bits per heavy atom. The highest BCUT2D eigenvalue weighted by atomic mass is 16.5. The number of carboxylic acids is 1. The lowest BCUT2D eigenvalue weighted by atomic mass is 9.80. The van der Waals surface area contributed by atoms with Crippen LogP contribution in [0.2, 0.25) is 0 Å². The quantitative estimate of drug-likeness (QED) is 0.717. The molecule has 31 heavy (non-hydrogen) atoms. The number of methoxy groups -OCH3 is 1. The van der Waals surface area contributed by atoms with Crippen molar-refractivity contribution in [2.24, 2.45) is 5.92 Å². The van der Waals surface area contributed by atoms with Crippen molar-refractivity contribution in [2.45, 2.75) is 37.1 Å². The average Bonchev–Trinajstić information content (AvgIpc) is 3.51. The lowest BCUT2D eigenvalue weighted by Gasteiger charge is -2.43. The highest BCUT2D eigenvalue weighted by Gasteiger charge is 2.62. The molecule has 0 radical (unpaired) electrons. The first-order valence-corrected chi connectivity index (χ1v) is 10.8. The number of nitrogens with one attached hydrogen (secondary N) is 1. The molecule has 0 spiro atoms. The zero-order valence-electron chi connectivity index (χ0n) is 18.1. The first kappa shape index (κ1) is 21.4. The van der Waals surface area contributed by atoms with Crippen LogP contribution in [-0.2, 0) is 20.5 Å². The molecule has 0 aromatic heterocycles. The number of aliphatic carboxylic acids is 1. The van der Waals surface area contributed by atoms with Gasteiger partial charge in [-0.15, -0.1) is 0 Å². The third kappa shape index (κ3) is 4.04. The van der Waals surface area contributed by atoms with Gasteiger partial charge in [-0.2, -0.15) is 0 Å². The van der Waals surface area contributed by atoms with E-state index in [0.29, 0.717) is 12.2 Å². The van der Waals surface area contributed by atoms with Crippen LogP contribution in [0.4, 0.5) is 0 Å². The molecule has 1 aliphatic carbocycles. The summed E-state index contributed by atoms with van der Waals surface area (Å²) in [5.41, 5.74) is 0.759. The van der Waals surface area contributed by atoms with Crippen molar-refractivity contribution < 1.29 is 19.4 Å². The van der Waals surface area contributed by atoms with Gasteiger partial charge in [0.05, 0.1) is 18.1 Å². The Hall–Kier alpha value is -2.86. The molecule has 1 amide bonds. The van der Waals surface area contributed by atoms with Gasteiger partial charge in [-0.05, 0) is 48.4 Å². The van der Waals surface area contributed by atoms with Crippen LogP contribution in [-0.4, -0.2) is 48.6 Å². The average molecular weight is 423 g/mol. The molecule has 0 unspecified atom stereocenters. The Bertz CT molecular complexity index is 953. The van der Waals surface area contributed by atoms with Crippen LogP contribution in [0.1, 0.15) is 37.3 Å². The molecular formula is C25H30N2O4. The van der Waals surface area contributed by atoms with Gasteiger partial charge in [-0.3, -0.25) is 9.59 Å². The molecule has 2 aromatic rings. The van der Waals surface area contributed by atoms with Gasteiger partial charge in [-0.1, -0.05) is 42.5 Å². The maximum absolute atomic E-state index is 12.2. The molecule has 2 fully saturated rings. The monoisotopic (exact) mass is 422 g/mol. The molecule has 1 heterocycles. The van der Waals surface area contributed by atoms with Crippen LogP contribution in [0.5, 0.6) is 5.75 Å². The maximum atomic E-state index is 12.2. The number of likely N-dealkylation sites (tertiary alicyclic amines) is 1. The van der Waals surface area contributed by atoms with Gasteiger partial charge in [0, 0.05) is 26.6 Å². The van der Waals surface area contributed by atoms with Crippen molar-refractivity contribution in [1.82, 2.24) is 10.2 Å². The van der Waals surface area contributed by atoms with Crippen molar-refractivity contribution >= 4 is 11.9 Å². The van der Waals surface area contributed by atoms with Crippen LogP contribution >= 0.6 is 0 Å². The van der Waals surface area contributed by atoms with E-state index in [1.807, 2.05) is 42.5 Å². The summed E-state index contributed by atoms with van der Waals surface area (Å²) in [6.07, 6.45) is 2.26. The summed E-state index contributed by atoms with van der Waals surface area (Å²) in [4.78, 5) is 26.5. The second-order valence-electron chi connectivity index (χ2n) is 8.84. The van der Waals surface area contributed by atoms with E-state index < -0.39 is 11.4 Å². The van der Waals surface area contributed by atoms with E-state index in [9.17, 15) is 14.7 Å². The first-order valence-electron chi connectivity index (χ1n) is 10.8. The summed E-state index contributed by atoms with van der Waals surface area (Å²) < 4.78 is 5.30. The minimum Gasteiger partial charge on any atom is -0.497 e. The highest BCUT2D eigenvalue weighted by molar-refractivity contribution is 5.86. The smallest absolute Gasteiger partial charge is 0.314 e. The SMILES string of the molecule is COc1cccc([C@]2(C(=O)O)C[C@H]2CN2CCC(NC(C)=O)(c3ccccc3)CC2)c1. The Balaban J connectivity index is 1.46. The summed E-state index contributed by atoms with van der Waals surface area (Å²) >= 11 is 0. The molecule has 164 valence electrons. The van der Waals surface area contributed by atoms with Crippen molar-refractivity contribution in [3.63, 3.8) is 0 Å². The van der Waals surface area contributed by atoms with Gasteiger partial charge in [0.1, 0.15) is 5.75 Å². The van der Waals surface area contributed by atoms with Crippen LogP contribution in [0.25, 0.3) is 0 Å². The highest BCUT2D eigenvalue weighted by Crippen LogP contribution is 2.55. The molecule has 0 bridgehead atoms. The van der Waals surface area contributed by atoms with E-state index >= 15 is 0 Å². The number of carbonyl (C=O) groups is 2. The number of carboxylic acid groups (broad SMARTS) is 1. The number of hydrogen-bond donors (Lipinski definition) is 2. The second-order valence-corrected chi connectivity index (χ2v) is 8.84. The normalized spacial score (nSPS) is 24.9. The molecule has 1 saturated heterocycles. The fraction of sp³-hybridized carbons (Fsp3) is 0.440. The Labute approximate surface area is 183 Å². The molecule has 2 N–H and O–H groups in total. The molecule has 6 heteroatoms. The van der Waals surface area contributed by atoms with Crippen molar-refractivity contribution in [3.05, 3.63) is 65.7 Å². The summed E-state index contributed by atoms with van der Waals surface area (Å²) in [6.45, 7) is 3.95. The number of hydrogen-bond acceptors (Lipinski definition) is 4. The van der Waals surface area contributed by atoms with Gasteiger partial charge in [0.25, 0.3) is 0 Å². The zero-order valence-corrected chi connectivity index (χ0v) is 18.1. The fourth-order valence-electron chi connectivity index (χ4n) is 5.20. The van der Waals surface area contributed by atoms with Gasteiger partial charge in [0.15, 0.2) is 0 Å². The summed E-state index contributed by atoms with van der Waals surface area (Å²) in [5.74, 6) is -0.0335. The van der Waals surface area contributed by atoms with E-state index in [4.69, 9.17) is 4.74 Å². The molecule has 2 atom stereocenters. The van der Waals surface area contributed by atoms with Crippen molar-refractivity contribution in [1.29, 1.82) is 0 Å². The summed E-state index contributed by atoms with van der Waals surface area (Å²) in [6, 6.07) is 17.6. The Kier molecular flexibility index (Phi) is 5.75. The summed E-state index contributed by atoms with van der Waals surface area (Å²) in [5, 5.41) is 13.2. The maximum Gasteiger partial charge on any atom is 0.314 e. The van der Waals surface area contributed by atoms with Crippen LogP contribution in [0.3, 0.4) is 0 Å². The number of piperidine rings is 1. The number of benzene rings is 2. The standard InChI is InChI=1S/C25H30N2O4/c1-18(28)26-24(19-7-4-3-5-8-19)11-13-27(14-12-24)17-21-16-25(21,23(29)30)20-9-6-10-22(15-20)31-2/h3-10,15,21H,11-14,16-17H2,1-2H3,(H,26,28)(H,29,30)/t21-,25+/m0/s1. The van der Waals surface area contributed by atoms with Gasteiger partial charge in [-0.25, -0.2) is 0 Å². The predicted octanol–water partition coefficient (Wildman–Crippen LogP) is 3.16. The van der Waals surface area contributed by atoms with E-state index in [1.165, 1.54) is 0 Å². The Morgan fingerprint density at radius 3 is 2.39 bits per heavy atom. The van der Waals surface area contributed by atoms with Crippen LogP contribution in [0, 0.1) is 5.92 Å². The number of nitrogens with zero attached hydrogens (tertiary/aromatic N) is 1. The van der Waals surface area contributed by atoms with Gasteiger partial charge >= 0.3 is 5.97 Å². The number of carbonyl (C=O) groups excluding carboxylic acids is 1. The number of rotatable bonds is 7. The van der Waals surface area contributed by atoms with Gasteiger partial charge in [0.2, 0.25) is 5.91 Å². The minimum absolute atomic E-state index is 0.0255. The Morgan fingerprint density at radius 2 is 1.77 bits per heavy atom. The third-order valence-electron chi connectivity index (χ3n) is 7.00. The molecular weight excluding hydrogens is 392 g/mol. The number of amides is 1. The largest absolute Gasteiger partial charge is 0.497 e. The van der Waals surface area contributed by atoms with E-state index in [2.05, 4.69) is 22.3 Å². The fourth-order valence-corrected chi connectivity index (χ4v) is 5.20. The van der Waals surface area contributed by atoms with Crippen molar-refractivity contribution in [2.75, 3.05) is 26.7 Å². The molecule has 1 aliphatic heterocycles. The van der Waals surface area contributed by atoms with Crippen molar-refractivity contribution in [3.8, 4) is 5.75 Å². The molecule has 2 aliphatic rings. The van der Waals surface area contributed by atoms with Crippen LogP contribution < -0.4 is 10.1 Å². The van der Waals surface area contributed by atoms with E-state index in [1.54, 1.807) is 14.0 Å². The van der Waals surface area contributed by atoms with E-state index in [-0.39, 0.29) is 17.4 Å². The predicted molar refractivity (Wildman–Crippen MR) is 118 cm³/mol. The van der Waals surface area contributed by atoms with Gasteiger partial charge < -0.3 is 20.1 Å². The van der Waals surface area contributed by atoms with E-state index in [0.717, 1.165) is 43.6 Å². The summed E-state index contributed by atoms with van der Waals surface area (Å²) in [7, 11) is 1.60. The lowest BCUT2D eigenvalue weighted by Crippen LogP contribution is -2.53. The zero-order chi connectivity index (χ0) is 22.1. The topological polar surface area (TPSA) is 78.9 Å². The lowest BCUT2D eigenvalue weighted by molar-refractivity contribution is -0.140. The minimum atomic E-state index is -0.833. The molecule has 6 nitrogen and oxygen atoms in total. The number of ether oxygens (including phenoxy) is 1. The van der Waals surface area contributed by atoms with Crippen LogP contribution in [0.15, 0.2) is 54.6 Å².